The number of anilines is 1. The molecule has 110 valence electrons. The van der Waals surface area contributed by atoms with E-state index in [0.29, 0.717) is 17.1 Å². The first-order valence-electron chi connectivity index (χ1n) is 7.01. The second-order valence-electron chi connectivity index (χ2n) is 5.91. The lowest BCUT2D eigenvalue weighted by atomic mass is 9.64. The number of hydrogen-bond acceptors (Lipinski definition) is 4. The van der Waals surface area contributed by atoms with Gasteiger partial charge < -0.3 is 15.8 Å². The second kappa shape index (κ2) is 5.66. The van der Waals surface area contributed by atoms with Crippen LogP contribution in [0.5, 0.6) is 0 Å². The molecular formula is C15H23N3OS. The van der Waals surface area contributed by atoms with Crippen molar-refractivity contribution >= 4 is 23.0 Å². The molecule has 2 rings (SSSR count). The maximum atomic E-state index is 5.77. The SMILES string of the molecule is CCOC1CC(Nc2nc(C)ccc2C(N)=S)C1(C)C. The topological polar surface area (TPSA) is 60.2 Å². The fraction of sp³-hybridized carbons (Fsp3) is 0.600. The Morgan fingerprint density at radius 1 is 1.55 bits per heavy atom. The average molecular weight is 293 g/mol. The third kappa shape index (κ3) is 2.79. The van der Waals surface area contributed by atoms with Crippen molar-refractivity contribution in [3.63, 3.8) is 0 Å². The Bertz CT molecular complexity index is 516. The number of hydrogen-bond donors (Lipinski definition) is 2. The lowest BCUT2D eigenvalue weighted by Gasteiger charge is -2.52. The first-order valence-corrected chi connectivity index (χ1v) is 7.42. The zero-order chi connectivity index (χ0) is 14.9. The molecule has 1 aromatic heterocycles. The molecule has 1 fully saturated rings. The van der Waals surface area contributed by atoms with Gasteiger partial charge >= 0.3 is 0 Å². The van der Waals surface area contributed by atoms with Crippen LogP contribution in [0.25, 0.3) is 0 Å². The zero-order valence-electron chi connectivity index (χ0n) is 12.6. The van der Waals surface area contributed by atoms with Gasteiger partial charge in [0.1, 0.15) is 10.8 Å². The molecule has 0 spiro atoms. The molecule has 0 bridgehead atoms. The number of nitrogens with zero attached hydrogens (tertiary/aromatic N) is 1. The Balaban J connectivity index is 2.16. The molecule has 0 aliphatic heterocycles. The minimum absolute atomic E-state index is 0.0783. The summed E-state index contributed by atoms with van der Waals surface area (Å²) in [4.78, 5) is 4.91. The van der Waals surface area contributed by atoms with Gasteiger partial charge in [0.05, 0.1) is 11.7 Å². The molecule has 0 amide bonds. The summed E-state index contributed by atoms with van der Waals surface area (Å²) in [5.74, 6) is 0.783. The average Bonchev–Trinajstić information content (AvgIpc) is 2.37. The van der Waals surface area contributed by atoms with E-state index in [1.54, 1.807) is 0 Å². The van der Waals surface area contributed by atoms with E-state index in [4.69, 9.17) is 22.7 Å². The highest BCUT2D eigenvalue weighted by Crippen LogP contribution is 2.44. The van der Waals surface area contributed by atoms with Crippen molar-refractivity contribution in [1.82, 2.24) is 4.98 Å². The third-order valence-corrected chi connectivity index (χ3v) is 4.38. The van der Waals surface area contributed by atoms with Crippen LogP contribution in [0.15, 0.2) is 12.1 Å². The molecule has 4 nitrogen and oxygen atoms in total. The van der Waals surface area contributed by atoms with Gasteiger partial charge in [-0.2, -0.15) is 0 Å². The summed E-state index contributed by atoms with van der Waals surface area (Å²) in [6.07, 6.45) is 1.27. The molecule has 2 atom stereocenters. The molecule has 1 aliphatic carbocycles. The molecule has 0 saturated heterocycles. The van der Waals surface area contributed by atoms with E-state index in [2.05, 4.69) is 24.1 Å². The van der Waals surface area contributed by atoms with Crippen molar-refractivity contribution in [3.8, 4) is 0 Å². The van der Waals surface area contributed by atoms with Gasteiger partial charge in [-0.15, -0.1) is 0 Å². The molecular weight excluding hydrogens is 270 g/mol. The van der Waals surface area contributed by atoms with E-state index in [1.807, 2.05) is 26.0 Å². The number of nitrogens with two attached hydrogens (primary N) is 1. The second-order valence-corrected chi connectivity index (χ2v) is 6.35. The smallest absolute Gasteiger partial charge is 0.136 e. The molecule has 2 unspecified atom stereocenters. The number of thiocarbonyl (C=S) groups is 1. The van der Waals surface area contributed by atoms with Crippen LogP contribution in [0, 0.1) is 12.3 Å². The highest BCUT2D eigenvalue weighted by Gasteiger charge is 2.49. The largest absolute Gasteiger partial charge is 0.389 e. The number of aromatic nitrogens is 1. The maximum absolute atomic E-state index is 5.77. The van der Waals surface area contributed by atoms with E-state index in [9.17, 15) is 0 Å². The van der Waals surface area contributed by atoms with Gasteiger partial charge in [-0.1, -0.05) is 26.1 Å². The molecule has 1 heterocycles. The predicted molar refractivity (Wildman–Crippen MR) is 86.1 cm³/mol. The molecule has 0 radical (unpaired) electrons. The summed E-state index contributed by atoms with van der Waals surface area (Å²) < 4.78 is 5.75. The lowest BCUT2D eigenvalue weighted by molar-refractivity contribution is -0.0976. The van der Waals surface area contributed by atoms with Gasteiger partial charge in [0.15, 0.2) is 0 Å². The number of aryl methyl sites for hydroxylation is 1. The Morgan fingerprint density at radius 3 is 2.80 bits per heavy atom. The fourth-order valence-corrected chi connectivity index (χ4v) is 2.81. The zero-order valence-corrected chi connectivity index (χ0v) is 13.4. The van der Waals surface area contributed by atoms with Crippen molar-refractivity contribution in [1.29, 1.82) is 0 Å². The lowest BCUT2D eigenvalue weighted by Crippen LogP contribution is -2.58. The van der Waals surface area contributed by atoms with Gasteiger partial charge in [-0.25, -0.2) is 4.98 Å². The van der Waals surface area contributed by atoms with Crippen LogP contribution in [0.2, 0.25) is 0 Å². The number of pyridine rings is 1. The van der Waals surface area contributed by atoms with Crippen LogP contribution in [-0.4, -0.2) is 28.7 Å². The van der Waals surface area contributed by atoms with Crippen LogP contribution in [-0.2, 0) is 4.74 Å². The van der Waals surface area contributed by atoms with Gasteiger partial charge in [0.2, 0.25) is 0 Å². The number of ether oxygens (including phenoxy) is 1. The number of rotatable bonds is 5. The summed E-state index contributed by atoms with van der Waals surface area (Å²) >= 11 is 5.09. The van der Waals surface area contributed by atoms with E-state index >= 15 is 0 Å². The highest BCUT2D eigenvalue weighted by molar-refractivity contribution is 7.80. The van der Waals surface area contributed by atoms with Gasteiger partial charge in [-0.3, -0.25) is 0 Å². The first-order chi connectivity index (χ1) is 9.36. The van der Waals surface area contributed by atoms with E-state index in [0.717, 1.165) is 30.1 Å². The molecule has 1 aromatic rings. The summed E-state index contributed by atoms with van der Waals surface area (Å²) in [5.41, 5.74) is 7.60. The predicted octanol–water partition coefficient (Wildman–Crippen LogP) is 2.64. The van der Waals surface area contributed by atoms with Crippen molar-refractivity contribution in [2.24, 2.45) is 11.1 Å². The Kier molecular flexibility index (Phi) is 4.30. The minimum Gasteiger partial charge on any atom is -0.389 e. The molecule has 20 heavy (non-hydrogen) atoms. The number of nitrogens with one attached hydrogen (secondary N) is 1. The van der Waals surface area contributed by atoms with Crippen LogP contribution >= 0.6 is 12.2 Å². The maximum Gasteiger partial charge on any atom is 0.136 e. The molecule has 1 saturated carbocycles. The molecule has 1 aliphatic rings. The highest BCUT2D eigenvalue weighted by atomic mass is 32.1. The monoisotopic (exact) mass is 293 g/mol. The van der Waals surface area contributed by atoms with Crippen molar-refractivity contribution in [3.05, 3.63) is 23.4 Å². The third-order valence-electron chi connectivity index (χ3n) is 4.16. The fourth-order valence-electron chi connectivity index (χ4n) is 2.65. The van der Waals surface area contributed by atoms with Crippen molar-refractivity contribution in [2.45, 2.75) is 46.3 Å². The Hall–Kier alpha value is -1.20. The van der Waals surface area contributed by atoms with Crippen LogP contribution in [0.4, 0.5) is 5.82 Å². The summed E-state index contributed by atoms with van der Waals surface area (Å²) in [5, 5.41) is 3.49. The van der Waals surface area contributed by atoms with E-state index < -0.39 is 0 Å². The summed E-state index contributed by atoms with van der Waals surface area (Å²) in [7, 11) is 0. The molecule has 5 heteroatoms. The molecule has 3 N–H and O–H groups in total. The quantitative estimate of drug-likeness (QED) is 0.817. The van der Waals surface area contributed by atoms with Gasteiger partial charge in [-0.05, 0) is 32.4 Å². The van der Waals surface area contributed by atoms with Gasteiger partial charge in [0, 0.05) is 23.8 Å². The Labute approximate surface area is 126 Å². The standard InChI is InChI=1S/C15H23N3OS/c1-5-19-12-8-11(15(12,3)4)18-14-10(13(16)20)7-6-9(2)17-14/h6-7,11-12H,5,8H2,1-4H3,(H2,16,20)(H,17,18). The van der Waals surface area contributed by atoms with E-state index in [-0.39, 0.29) is 5.41 Å². The van der Waals surface area contributed by atoms with E-state index in [1.165, 1.54) is 0 Å². The Morgan fingerprint density at radius 2 is 2.25 bits per heavy atom. The summed E-state index contributed by atoms with van der Waals surface area (Å²) in [6.45, 7) is 9.17. The first kappa shape index (κ1) is 15.2. The van der Waals surface area contributed by atoms with Crippen molar-refractivity contribution in [2.75, 3.05) is 11.9 Å². The summed E-state index contributed by atoms with van der Waals surface area (Å²) in [6, 6.07) is 4.18. The molecule has 0 aromatic carbocycles. The van der Waals surface area contributed by atoms with Crippen LogP contribution < -0.4 is 11.1 Å². The van der Waals surface area contributed by atoms with Gasteiger partial charge in [0.25, 0.3) is 0 Å². The van der Waals surface area contributed by atoms with Crippen LogP contribution in [0.3, 0.4) is 0 Å². The van der Waals surface area contributed by atoms with Crippen molar-refractivity contribution < 1.29 is 4.74 Å². The van der Waals surface area contributed by atoms with Crippen LogP contribution in [0.1, 0.15) is 38.4 Å². The normalized spacial score (nSPS) is 24.0. The minimum atomic E-state index is 0.0783.